The molecule has 13 amide bonds. The second-order valence-corrected chi connectivity index (χ2v) is 31.6. The number of imidazole rings is 1. The van der Waals surface area contributed by atoms with E-state index in [0.29, 0.717) is 33.5 Å². The van der Waals surface area contributed by atoms with Gasteiger partial charge in [0.2, 0.25) is 76.8 Å². The van der Waals surface area contributed by atoms with Crippen LogP contribution in [0.5, 0.6) is 11.5 Å². The molecular weight excluding hydrogens is 1550 g/mol. The number of carbonyl (C=O) groups is 13. The summed E-state index contributed by atoms with van der Waals surface area (Å²) in [5.74, 6) is -14.2. The van der Waals surface area contributed by atoms with Crippen LogP contribution in [0.15, 0.2) is 164 Å². The maximum absolute atomic E-state index is 15.5. The highest BCUT2D eigenvalue weighted by Crippen LogP contribution is 2.26. The first-order valence-electron chi connectivity index (χ1n) is 37.3. The third-order valence-corrected chi connectivity index (χ3v) is 22.5. The smallest absolute Gasteiger partial charge is 0.244 e. The summed E-state index contributed by atoms with van der Waals surface area (Å²) >= 11 is 0.923. The number of carbonyl (C=O) groups excluding carboxylic acids is 13. The number of guanidine groups is 1. The summed E-state index contributed by atoms with van der Waals surface area (Å²) < 4.78 is 0. The zero-order valence-corrected chi connectivity index (χ0v) is 65.7. The second kappa shape index (κ2) is 43.3. The number of benzene rings is 6. The van der Waals surface area contributed by atoms with Crippen molar-refractivity contribution in [1.82, 2.24) is 73.4 Å². The van der Waals surface area contributed by atoms with Crippen LogP contribution in [-0.2, 0) is 101 Å². The minimum atomic E-state index is -1.84. The first-order valence-corrected chi connectivity index (χ1v) is 40.9. The fourth-order valence-corrected chi connectivity index (χ4v) is 16.0. The molecule has 4 heterocycles. The van der Waals surface area contributed by atoms with Crippen molar-refractivity contribution in [2.75, 3.05) is 36.1 Å². The molecule has 12 atom stereocenters. The SMILES string of the molecule is C[C@@H]1NC(=O)[C@H](CC(N)=O)NC(=O)[C@@H](Cc2ccc3ccccc3c2)N2C[C@H](CCCNC(=N)N)NC(=O)[C@@H](CSCC2=O)NC(=O)[C@@H](Cc2ccccc2)NC(=O)[C@H](Cc2cnc[nH]2)NC(=O)[C@@H](NC(=O)[C@@H](N)Cc2ccc(O)cc2)CSSC[C@@H](C(=O)N[C@@H](Cc2ccc(O)cc2)C(N)=O)NC(=O)[C@H](Cc2ccccc2)NC1=O. The Morgan fingerprint density at radius 3 is 1.76 bits per heavy atom. The number of thioether (sulfide) groups is 1. The van der Waals surface area contributed by atoms with Gasteiger partial charge in [-0.3, -0.25) is 67.7 Å². The van der Waals surface area contributed by atoms with E-state index in [-0.39, 0.29) is 86.9 Å². The molecule has 3 fully saturated rings. The van der Waals surface area contributed by atoms with Crippen LogP contribution in [0.2, 0.25) is 0 Å². The number of fused-ring (bicyclic) bond motifs is 32. The Bertz CT molecular complexity index is 4620. The molecule has 6 aromatic carbocycles. The van der Waals surface area contributed by atoms with Gasteiger partial charge in [0.25, 0.3) is 0 Å². The molecule has 37 heteroatoms. The van der Waals surface area contributed by atoms with Gasteiger partial charge in [0.15, 0.2) is 5.96 Å². The van der Waals surface area contributed by atoms with Crippen LogP contribution in [0.25, 0.3) is 10.8 Å². The van der Waals surface area contributed by atoms with Gasteiger partial charge in [-0.05, 0) is 89.0 Å². The van der Waals surface area contributed by atoms with Crippen LogP contribution in [-0.4, -0.2) is 216 Å². The lowest BCUT2D eigenvalue weighted by molar-refractivity contribution is -0.141. The minimum Gasteiger partial charge on any atom is -0.508 e. The molecule has 614 valence electrons. The van der Waals surface area contributed by atoms with Crippen molar-refractivity contribution in [3.05, 3.63) is 198 Å². The third-order valence-electron chi connectivity index (χ3n) is 19.0. The highest BCUT2D eigenvalue weighted by Gasteiger charge is 2.40. The van der Waals surface area contributed by atoms with Crippen molar-refractivity contribution in [2.45, 2.75) is 137 Å². The van der Waals surface area contributed by atoms with E-state index in [2.05, 4.69) is 68.5 Å². The highest BCUT2D eigenvalue weighted by molar-refractivity contribution is 8.76. The van der Waals surface area contributed by atoms with Crippen molar-refractivity contribution >= 4 is 127 Å². The molecule has 116 heavy (non-hydrogen) atoms. The number of aromatic nitrogens is 2. The summed E-state index contributed by atoms with van der Waals surface area (Å²) in [6.07, 6.45) is 0.868. The Labute approximate surface area is 679 Å². The quantitative estimate of drug-likeness (QED) is 0.0119. The number of aromatic hydroxyl groups is 2. The van der Waals surface area contributed by atoms with Gasteiger partial charge < -0.3 is 102 Å². The van der Waals surface area contributed by atoms with E-state index >= 15 is 33.6 Å². The number of phenolic OH excluding ortho intramolecular Hbond substituents is 2. The molecule has 34 nitrogen and oxygen atoms in total. The molecule has 3 aliphatic heterocycles. The van der Waals surface area contributed by atoms with Crippen molar-refractivity contribution in [3.63, 3.8) is 0 Å². The van der Waals surface area contributed by atoms with Crippen molar-refractivity contribution < 1.29 is 72.5 Å². The summed E-state index contributed by atoms with van der Waals surface area (Å²) in [4.78, 5) is 200. The lowest BCUT2D eigenvalue weighted by Crippen LogP contribution is -2.62. The van der Waals surface area contributed by atoms with E-state index < -0.39 is 174 Å². The number of nitrogens with two attached hydrogens (primary N) is 4. The summed E-state index contributed by atoms with van der Waals surface area (Å²) in [5, 5.41) is 59.3. The van der Waals surface area contributed by atoms with Gasteiger partial charge >= 0.3 is 0 Å². The first-order chi connectivity index (χ1) is 55.6. The standard InChI is InChI=1S/C79H95N19O15S3/c1-44-69(104)91-58(32-45-11-4-2-5-12-45)72(107)97-64(76(111)90-57(68(82)103)31-48-21-26-55(100)27-22-48)41-116-115-40-63(95-70(105)56(80)30-47-19-24-54(99)25-20-47)77(112)93-60(35-53-37-85-43-87-53)74(109)92-59(33-46-13-6-3-7-14-46)73(108)96-62-39-114-42-67(102)98(38-52(89-75(62)110)17-10-28-86-79(83)84)65(78(113)94-61(36-66(81)101)71(106)88-44)34-49-18-23-50-15-8-9-16-51(50)29-49/h2-9,11-16,18-27,29,37,43-44,52,56-65,99-100H,10,17,28,30-36,38-42,80H2,1H3,(H2,81,101)(H2,82,103)(H,85,87)(H,88,106)(H,89,110)(H,90,111)(H,91,104)(H,92,109)(H,93,112)(H,94,113)(H,95,105)(H,96,108)(H,97,107)(H4,83,84,86)/t44-,52-,56-,57-,58-,59+,60-,61-,62+,63-,64-,65+/m0/s1. The Morgan fingerprint density at radius 1 is 0.578 bits per heavy atom. The zero-order valence-electron chi connectivity index (χ0n) is 63.3. The lowest BCUT2D eigenvalue weighted by atomic mass is 9.98. The third kappa shape index (κ3) is 27.2. The van der Waals surface area contributed by atoms with Gasteiger partial charge in [-0.15, -0.1) is 11.8 Å². The minimum absolute atomic E-state index is 0.0512. The molecule has 23 N–H and O–H groups in total. The van der Waals surface area contributed by atoms with Gasteiger partial charge in [0.1, 0.15) is 71.9 Å². The van der Waals surface area contributed by atoms with E-state index in [0.717, 1.165) is 44.1 Å². The van der Waals surface area contributed by atoms with Crippen LogP contribution in [0.4, 0.5) is 0 Å². The molecule has 0 aliphatic carbocycles. The summed E-state index contributed by atoms with van der Waals surface area (Å²) in [6.45, 7) is 0.952. The normalized spacial score (nSPS) is 22.1. The largest absolute Gasteiger partial charge is 0.508 e. The molecule has 0 spiro atoms. The molecule has 10 rings (SSSR count). The number of H-pyrrole nitrogens is 1. The number of amides is 13. The maximum atomic E-state index is 15.5. The molecule has 0 saturated carbocycles. The zero-order chi connectivity index (χ0) is 83.4. The Balaban J connectivity index is 1.13. The van der Waals surface area contributed by atoms with Crippen molar-refractivity contribution in [3.8, 4) is 11.5 Å². The van der Waals surface area contributed by atoms with Crippen molar-refractivity contribution in [2.24, 2.45) is 22.9 Å². The van der Waals surface area contributed by atoms with Crippen LogP contribution in [0.1, 0.15) is 59.7 Å². The molecule has 0 radical (unpaired) electrons. The summed E-state index contributed by atoms with van der Waals surface area (Å²) in [7, 11) is 1.79. The van der Waals surface area contributed by atoms with Crippen LogP contribution < -0.4 is 81.4 Å². The monoisotopic (exact) mass is 1650 g/mol. The molecule has 7 aromatic rings. The Kier molecular flexibility index (Phi) is 32.8. The number of nitrogens with zero attached hydrogens (tertiary/aromatic N) is 2. The van der Waals surface area contributed by atoms with Gasteiger partial charge in [0, 0.05) is 80.4 Å². The number of hydrogen-bond donors (Lipinski definition) is 19. The summed E-state index contributed by atoms with van der Waals surface area (Å²) in [5.41, 5.74) is 26.7. The van der Waals surface area contributed by atoms with Gasteiger partial charge in [-0.1, -0.05) is 149 Å². The predicted molar refractivity (Wildman–Crippen MR) is 437 cm³/mol. The molecule has 2 bridgehead atoms. The van der Waals surface area contributed by atoms with Crippen LogP contribution in [0.3, 0.4) is 0 Å². The van der Waals surface area contributed by atoms with Gasteiger partial charge in [0.05, 0.1) is 24.5 Å². The second-order valence-electron chi connectivity index (χ2n) is 28.0. The number of aromatic amines is 1. The topological polar surface area (TPSA) is 555 Å². The maximum Gasteiger partial charge on any atom is 0.244 e. The fourth-order valence-electron chi connectivity index (χ4n) is 12.8. The van der Waals surface area contributed by atoms with Gasteiger partial charge in [-0.25, -0.2) is 4.98 Å². The summed E-state index contributed by atoms with van der Waals surface area (Å²) in [6, 6.07) is 23.1. The highest BCUT2D eigenvalue weighted by atomic mass is 33.1. The van der Waals surface area contributed by atoms with Crippen LogP contribution >= 0.6 is 33.3 Å². The average molecular weight is 1650 g/mol. The van der Waals surface area contributed by atoms with Crippen LogP contribution in [0, 0.1) is 5.41 Å². The van der Waals surface area contributed by atoms with E-state index in [4.69, 9.17) is 28.3 Å². The molecule has 3 saturated heterocycles. The van der Waals surface area contributed by atoms with Gasteiger partial charge in [-0.2, -0.15) is 0 Å². The lowest BCUT2D eigenvalue weighted by Gasteiger charge is -2.36. The number of nitrogens with one attached hydrogen (secondary N) is 13. The molecule has 3 aliphatic rings. The van der Waals surface area contributed by atoms with E-state index in [1.807, 2.05) is 36.4 Å². The van der Waals surface area contributed by atoms with Crippen molar-refractivity contribution in [1.29, 1.82) is 5.41 Å². The number of rotatable bonds is 23. The number of primary amides is 2. The van der Waals surface area contributed by atoms with E-state index in [1.54, 1.807) is 78.9 Å². The number of hydrogen-bond acceptors (Lipinski definition) is 21. The fraction of sp³-hybridized carbons (Fsp3) is 0.354. The van der Waals surface area contributed by atoms with E-state index in [9.17, 15) is 39.0 Å². The first kappa shape index (κ1) is 87.7. The predicted octanol–water partition coefficient (Wildman–Crippen LogP) is -1.11. The molecule has 0 unspecified atom stereocenters. The Morgan fingerprint density at radius 2 is 1.14 bits per heavy atom. The molecular formula is C79H95N19O15S3. The van der Waals surface area contributed by atoms with E-state index in [1.165, 1.54) is 60.7 Å². The number of phenols is 2. The average Bonchev–Trinajstić information content (AvgIpc) is 0.996. The Hall–Kier alpha value is -12.2. The molecule has 1 aromatic heterocycles.